The standard InChI is InChI=1S/C24H29N3O4/c1-5-31-20-8-6-19(7-9-20)25-24(30)27(10-11-28)17(4)21-14-18-13-15(2)12-16(3)22(18)26-23(21)29/h6-9,12-14,17,28H,5,10-11H2,1-4H3,(H,25,30)(H,26,29). The molecule has 7 nitrogen and oxygen atoms in total. The van der Waals surface area contributed by atoms with Crippen LogP contribution in [0.2, 0.25) is 0 Å². The largest absolute Gasteiger partial charge is 0.494 e. The highest BCUT2D eigenvalue weighted by molar-refractivity contribution is 5.90. The maximum Gasteiger partial charge on any atom is 0.322 e. The van der Waals surface area contributed by atoms with E-state index in [4.69, 9.17) is 4.74 Å². The monoisotopic (exact) mass is 423 g/mol. The molecule has 0 saturated heterocycles. The number of H-pyrrole nitrogens is 1. The van der Waals surface area contributed by atoms with Gasteiger partial charge in [0.1, 0.15) is 5.75 Å². The molecule has 31 heavy (non-hydrogen) atoms. The van der Waals surface area contributed by atoms with E-state index >= 15 is 0 Å². The molecule has 164 valence electrons. The van der Waals surface area contributed by atoms with Crippen LogP contribution >= 0.6 is 0 Å². The number of nitrogens with zero attached hydrogens (tertiary/aromatic N) is 1. The average Bonchev–Trinajstić information content (AvgIpc) is 2.73. The smallest absolute Gasteiger partial charge is 0.322 e. The molecule has 1 unspecified atom stereocenters. The lowest BCUT2D eigenvalue weighted by atomic mass is 10.0. The fourth-order valence-electron chi connectivity index (χ4n) is 3.76. The van der Waals surface area contributed by atoms with Crippen LogP contribution in [0.5, 0.6) is 5.75 Å². The van der Waals surface area contributed by atoms with Crippen molar-refractivity contribution in [3.05, 3.63) is 69.5 Å². The van der Waals surface area contributed by atoms with Crippen molar-refractivity contribution in [1.82, 2.24) is 9.88 Å². The lowest BCUT2D eigenvalue weighted by Gasteiger charge is -2.29. The third kappa shape index (κ3) is 5.06. The van der Waals surface area contributed by atoms with E-state index < -0.39 is 12.1 Å². The number of urea groups is 1. The number of carbonyl (C=O) groups excluding carboxylic acids is 1. The number of anilines is 1. The van der Waals surface area contributed by atoms with Gasteiger partial charge < -0.3 is 25.0 Å². The van der Waals surface area contributed by atoms with Gasteiger partial charge >= 0.3 is 6.03 Å². The Morgan fingerprint density at radius 1 is 1.19 bits per heavy atom. The molecule has 7 heteroatoms. The maximum absolute atomic E-state index is 13.0. The molecule has 1 aromatic heterocycles. The number of nitrogens with one attached hydrogen (secondary N) is 2. The minimum atomic E-state index is -0.538. The van der Waals surface area contributed by atoms with Gasteiger partial charge in [0.2, 0.25) is 0 Å². The Bertz CT molecular complexity index is 1120. The molecule has 0 radical (unpaired) electrons. The molecular weight excluding hydrogens is 394 g/mol. The lowest BCUT2D eigenvalue weighted by molar-refractivity contribution is 0.167. The Labute approximate surface area is 181 Å². The Hall–Kier alpha value is -3.32. The van der Waals surface area contributed by atoms with Gasteiger partial charge in [-0.15, -0.1) is 0 Å². The summed E-state index contributed by atoms with van der Waals surface area (Å²) in [6, 6.07) is 12.0. The number of benzene rings is 2. The first kappa shape index (κ1) is 22.4. The number of aromatic nitrogens is 1. The fourth-order valence-corrected chi connectivity index (χ4v) is 3.76. The molecule has 1 heterocycles. The van der Waals surface area contributed by atoms with Crippen LogP contribution < -0.4 is 15.6 Å². The van der Waals surface area contributed by atoms with E-state index in [2.05, 4.69) is 10.3 Å². The third-order valence-electron chi connectivity index (χ3n) is 5.26. The molecule has 3 aromatic rings. The summed E-state index contributed by atoms with van der Waals surface area (Å²) in [5, 5.41) is 13.3. The highest BCUT2D eigenvalue weighted by Gasteiger charge is 2.24. The highest BCUT2D eigenvalue weighted by Crippen LogP contribution is 2.24. The Morgan fingerprint density at radius 3 is 2.55 bits per heavy atom. The summed E-state index contributed by atoms with van der Waals surface area (Å²) in [6.07, 6.45) is 0. The van der Waals surface area contributed by atoms with Gasteiger partial charge in [-0.25, -0.2) is 4.79 Å². The Balaban J connectivity index is 1.88. The SMILES string of the molecule is CCOc1ccc(NC(=O)N(CCO)C(C)c2cc3cc(C)cc(C)c3[nH]c2=O)cc1. The van der Waals surface area contributed by atoms with Gasteiger partial charge in [0.15, 0.2) is 0 Å². The molecule has 2 aromatic carbocycles. The van der Waals surface area contributed by atoms with E-state index in [9.17, 15) is 14.7 Å². The first-order valence-electron chi connectivity index (χ1n) is 10.4. The molecule has 3 N–H and O–H groups in total. The zero-order chi connectivity index (χ0) is 22.5. The van der Waals surface area contributed by atoms with Crippen molar-refractivity contribution in [3.8, 4) is 5.75 Å². The number of amides is 2. The number of hydrogen-bond acceptors (Lipinski definition) is 4. The summed E-state index contributed by atoms with van der Waals surface area (Å²) < 4.78 is 5.42. The van der Waals surface area contributed by atoms with Crippen molar-refractivity contribution >= 4 is 22.6 Å². The number of fused-ring (bicyclic) bond motifs is 1. The molecular formula is C24H29N3O4. The molecule has 1 atom stereocenters. The van der Waals surface area contributed by atoms with Gasteiger partial charge in [0.05, 0.1) is 24.8 Å². The van der Waals surface area contributed by atoms with E-state index in [-0.39, 0.29) is 18.7 Å². The summed E-state index contributed by atoms with van der Waals surface area (Å²) in [5.74, 6) is 0.717. The second-order valence-electron chi connectivity index (χ2n) is 7.58. The number of hydrogen-bond donors (Lipinski definition) is 3. The molecule has 3 rings (SSSR count). The number of aliphatic hydroxyl groups excluding tert-OH is 1. The molecule has 0 aliphatic carbocycles. The molecule has 0 spiro atoms. The fraction of sp³-hybridized carbons (Fsp3) is 0.333. The van der Waals surface area contributed by atoms with Crippen molar-refractivity contribution in [2.24, 2.45) is 0 Å². The van der Waals surface area contributed by atoms with Crippen molar-refractivity contribution in [1.29, 1.82) is 0 Å². The van der Waals surface area contributed by atoms with E-state index in [1.165, 1.54) is 4.90 Å². The quantitative estimate of drug-likeness (QED) is 0.532. The highest BCUT2D eigenvalue weighted by atomic mass is 16.5. The molecule has 2 amide bonds. The van der Waals surface area contributed by atoms with Gasteiger partial charge in [-0.1, -0.05) is 11.6 Å². The van der Waals surface area contributed by atoms with Crippen LogP contribution in [0, 0.1) is 13.8 Å². The van der Waals surface area contributed by atoms with Crippen LogP contribution in [0.1, 0.15) is 36.6 Å². The van der Waals surface area contributed by atoms with Crippen LogP contribution in [-0.2, 0) is 0 Å². The van der Waals surface area contributed by atoms with Gasteiger partial charge in [0, 0.05) is 17.8 Å². The molecule has 0 saturated carbocycles. The first-order chi connectivity index (χ1) is 14.8. The second-order valence-corrected chi connectivity index (χ2v) is 7.58. The number of aliphatic hydroxyl groups is 1. The second kappa shape index (κ2) is 9.66. The predicted molar refractivity (Wildman–Crippen MR) is 123 cm³/mol. The normalized spacial score (nSPS) is 11.9. The molecule has 0 aliphatic heterocycles. The molecule has 0 bridgehead atoms. The number of ether oxygens (including phenoxy) is 1. The minimum Gasteiger partial charge on any atom is -0.494 e. The van der Waals surface area contributed by atoms with Gasteiger partial charge in [-0.05, 0) is 75.0 Å². The summed E-state index contributed by atoms with van der Waals surface area (Å²) in [4.78, 5) is 30.2. The van der Waals surface area contributed by atoms with Crippen molar-refractivity contribution in [2.45, 2.75) is 33.7 Å². The number of carbonyl (C=O) groups is 1. The molecule has 0 fully saturated rings. The summed E-state index contributed by atoms with van der Waals surface area (Å²) in [6.45, 7) is 8.08. The van der Waals surface area contributed by atoms with Crippen LogP contribution in [0.15, 0.2) is 47.3 Å². The zero-order valence-corrected chi connectivity index (χ0v) is 18.4. The van der Waals surface area contributed by atoms with Crippen LogP contribution in [0.3, 0.4) is 0 Å². The van der Waals surface area contributed by atoms with Gasteiger partial charge in [0.25, 0.3) is 5.56 Å². The Morgan fingerprint density at radius 2 is 1.90 bits per heavy atom. The third-order valence-corrected chi connectivity index (χ3v) is 5.26. The van der Waals surface area contributed by atoms with E-state index in [1.807, 2.05) is 39.0 Å². The topological polar surface area (TPSA) is 94.7 Å². The van der Waals surface area contributed by atoms with Crippen molar-refractivity contribution < 1.29 is 14.6 Å². The van der Waals surface area contributed by atoms with Crippen molar-refractivity contribution in [3.63, 3.8) is 0 Å². The predicted octanol–water partition coefficient (Wildman–Crippen LogP) is 4.13. The van der Waals surface area contributed by atoms with Gasteiger partial charge in [-0.2, -0.15) is 0 Å². The van der Waals surface area contributed by atoms with Crippen LogP contribution in [-0.4, -0.2) is 40.8 Å². The van der Waals surface area contributed by atoms with Crippen molar-refractivity contribution in [2.75, 3.05) is 25.1 Å². The lowest BCUT2D eigenvalue weighted by Crippen LogP contribution is -2.40. The zero-order valence-electron chi connectivity index (χ0n) is 18.4. The summed E-state index contributed by atoms with van der Waals surface area (Å²) >= 11 is 0. The van der Waals surface area contributed by atoms with E-state index in [1.54, 1.807) is 31.2 Å². The number of pyridine rings is 1. The summed E-state index contributed by atoms with van der Waals surface area (Å²) in [5.41, 5.74) is 3.70. The maximum atomic E-state index is 13.0. The molecule has 0 aliphatic rings. The number of aryl methyl sites for hydroxylation is 2. The van der Waals surface area contributed by atoms with Crippen LogP contribution in [0.25, 0.3) is 10.9 Å². The van der Waals surface area contributed by atoms with E-state index in [0.717, 1.165) is 27.8 Å². The average molecular weight is 424 g/mol. The van der Waals surface area contributed by atoms with Crippen LogP contribution in [0.4, 0.5) is 10.5 Å². The van der Waals surface area contributed by atoms with E-state index in [0.29, 0.717) is 17.9 Å². The summed E-state index contributed by atoms with van der Waals surface area (Å²) in [7, 11) is 0. The number of aromatic amines is 1. The minimum absolute atomic E-state index is 0.0916. The van der Waals surface area contributed by atoms with Gasteiger partial charge in [-0.3, -0.25) is 4.79 Å². The first-order valence-corrected chi connectivity index (χ1v) is 10.4. The number of rotatable bonds is 7. The Kier molecular flexibility index (Phi) is 6.97.